The highest BCUT2D eigenvalue weighted by Crippen LogP contribution is 2.33. The molecule has 17 heavy (non-hydrogen) atoms. The Morgan fingerprint density at radius 3 is 2.00 bits per heavy atom. The van der Waals surface area contributed by atoms with E-state index in [1.54, 1.807) is 0 Å². The van der Waals surface area contributed by atoms with Crippen molar-refractivity contribution in [1.29, 1.82) is 0 Å². The molecule has 0 spiro atoms. The molecule has 0 bridgehead atoms. The smallest absolute Gasteiger partial charge is 0.263 e. The minimum absolute atomic E-state index is 0.0602. The van der Waals surface area contributed by atoms with Crippen molar-refractivity contribution in [2.75, 3.05) is 6.54 Å². The van der Waals surface area contributed by atoms with Gasteiger partial charge in [-0.1, -0.05) is 49.7 Å². The summed E-state index contributed by atoms with van der Waals surface area (Å²) in [6, 6.07) is 11.4. The predicted octanol–water partition coefficient (Wildman–Crippen LogP) is 3.86. The molecule has 0 radical (unpaired) electrons. The lowest BCUT2D eigenvalue weighted by molar-refractivity contribution is -0.0629. The zero-order chi connectivity index (χ0) is 12.6. The third kappa shape index (κ3) is 5.26. The number of nitrogens with one attached hydrogen (secondary N) is 1. The molecular weight excluding hydrogens is 220 g/mol. The molecule has 2 rings (SSSR count). The Morgan fingerprint density at radius 2 is 1.59 bits per heavy atom. The van der Waals surface area contributed by atoms with Crippen molar-refractivity contribution in [1.82, 2.24) is 5.32 Å². The Hall–Kier alpha value is -0.960. The number of halogens is 2. The minimum Gasteiger partial charge on any atom is -0.309 e. The lowest BCUT2D eigenvalue weighted by Crippen LogP contribution is -2.46. The van der Waals surface area contributed by atoms with Gasteiger partial charge in [0.25, 0.3) is 5.92 Å². The summed E-state index contributed by atoms with van der Waals surface area (Å²) in [4.78, 5) is 0. The van der Waals surface area contributed by atoms with Crippen LogP contribution in [0, 0.1) is 0 Å². The van der Waals surface area contributed by atoms with Gasteiger partial charge in [0, 0.05) is 6.42 Å². The molecule has 1 aliphatic rings. The van der Waals surface area contributed by atoms with Crippen LogP contribution in [0.15, 0.2) is 36.4 Å². The monoisotopic (exact) mass is 241 g/mol. The van der Waals surface area contributed by atoms with Gasteiger partial charge in [-0.3, -0.25) is 0 Å². The van der Waals surface area contributed by atoms with Crippen molar-refractivity contribution in [3.05, 3.63) is 36.4 Å². The largest absolute Gasteiger partial charge is 0.309 e. The summed E-state index contributed by atoms with van der Waals surface area (Å²) in [5, 5.41) is 2.82. The summed E-state index contributed by atoms with van der Waals surface area (Å²) in [5.74, 6) is -2.46. The first kappa shape index (κ1) is 14.1. The summed E-state index contributed by atoms with van der Waals surface area (Å²) >= 11 is 0. The molecule has 0 aromatic heterocycles. The van der Waals surface area contributed by atoms with Crippen molar-refractivity contribution in [3.63, 3.8) is 0 Å². The predicted molar refractivity (Wildman–Crippen MR) is 67.3 cm³/mol. The van der Waals surface area contributed by atoms with E-state index >= 15 is 0 Å². The van der Waals surface area contributed by atoms with Crippen LogP contribution in [0.5, 0.6) is 0 Å². The van der Waals surface area contributed by atoms with Crippen LogP contribution in [0.1, 0.15) is 32.6 Å². The summed E-state index contributed by atoms with van der Waals surface area (Å²) in [7, 11) is 0. The molecule has 1 fully saturated rings. The molecule has 1 aromatic rings. The van der Waals surface area contributed by atoms with E-state index in [4.69, 9.17) is 0 Å². The maximum atomic E-state index is 13.0. The molecule has 0 aliphatic heterocycles. The van der Waals surface area contributed by atoms with Crippen molar-refractivity contribution in [2.24, 2.45) is 0 Å². The van der Waals surface area contributed by atoms with Gasteiger partial charge in [0.05, 0.1) is 6.04 Å². The van der Waals surface area contributed by atoms with E-state index in [1.807, 2.05) is 43.3 Å². The fourth-order valence-corrected chi connectivity index (χ4v) is 1.98. The summed E-state index contributed by atoms with van der Waals surface area (Å²) in [5.41, 5.74) is 0. The lowest BCUT2D eigenvalue weighted by Gasteiger charge is -2.31. The highest BCUT2D eigenvalue weighted by atomic mass is 19.3. The minimum atomic E-state index is -2.46. The van der Waals surface area contributed by atoms with E-state index in [0.29, 0.717) is 19.4 Å². The number of benzene rings is 1. The molecule has 3 heteroatoms. The highest BCUT2D eigenvalue weighted by molar-refractivity contribution is 4.99. The van der Waals surface area contributed by atoms with Crippen molar-refractivity contribution >= 4 is 0 Å². The normalized spacial score (nSPS) is 22.4. The van der Waals surface area contributed by atoms with Gasteiger partial charge in [-0.15, -0.1) is 0 Å². The van der Waals surface area contributed by atoms with Gasteiger partial charge in [-0.25, -0.2) is 8.78 Å². The maximum Gasteiger partial charge on any atom is 0.263 e. The zero-order valence-corrected chi connectivity index (χ0v) is 10.3. The Balaban J connectivity index is 0.000000202. The number of hydrogen-bond donors (Lipinski definition) is 1. The van der Waals surface area contributed by atoms with Crippen LogP contribution in [0.2, 0.25) is 0 Å². The van der Waals surface area contributed by atoms with Crippen LogP contribution >= 0.6 is 0 Å². The molecule has 1 nitrogen and oxygen atoms in total. The number of hydrogen-bond acceptors (Lipinski definition) is 1. The first-order valence-corrected chi connectivity index (χ1v) is 6.28. The highest BCUT2D eigenvalue weighted by Gasteiger charge is 2.40. The van der Waals surface area contributed by atoms with Gasteiger partial charge in [0.15, 0.2) is 0 Å². The summed E-state index contributed by atoms with van der Waals surface area (Å²) < 4.78 is 26.0. The SMILES string of the molecule is CCNC1CCCCC1(F)F.c1ccccc1. The third-order valence-corrected chi connectivity index (χ3v) is 2.88. The molecule has 0 heterocycles. The first-order valence-electron chi connectivity index (χ1n) is 6.28. The van der Waals surface area contributed by atoms with Gasteiger partial charge in [-0.05, 0) is 19.4 Å². The fourth-order valence-electron chi connectivity index (χ4n) is 1.98. The van der Waals surface area contributed by atoms with E-state index in [-0.39, 0.29) is 6.42 Å². The van der Waals surface area contributed by atoms with Crippen LogP contribution in [-0.2, 0) is 0 Å². The van der Waals surface area contributed by atoms with Crippen molar-refractivity contribution in [2.45, 2.75) is 44.6 Å². The molecular formula is C14H21F2N. The lowest BCUT2D eigenvalue weighted by atomic mass is 9.91. The standard InChI is InChI=1S/C8H15F2N.C6H6/c1-2-11-7-5-3-4-6-8(7,9)10;1-2-4-6-5-3-1/h7,11H,2-6H2,1H3;1-6H. The topological polar surface area (TPSA) is 12.0 Å². The molecule has 1 unspecified atom stereocenters. The second-order valence-corrected chi connectivity index (χ2v) is 4.27. The second kappa shape index (κ2) is 7.38. The van der Waals surface area contributed by atoms with Gasteiger partial charge < -0.3 is 5.32 Å². The summed E-state index contributed by atoms with van der Waals surface area (Å²) in [6.07, 6.45) is 2.30. The first-order chi connectivity index (χ1) is 8.17. The second-order valence-electron chi connectivity index (χ2n) is 4.27. The van der Waals surface area contributed by atoms with Gasteiger partial charge in [0.1, 0.15) is 0 Å². The van der Waals surface area contributed by atoms with Crippen molar-refractivity contribution < 1.29 is 8.78 Å². The van der Waals surface area contributed by atoms with Crippen LogP contribution in [0.4, 0.5) is 8.78 Å². The Kier molecular flexibility index (Phi) is 6.12. The average molecular weight is 241 g/mol. The van der Waals surface area contributed by atoms with E-state index in [0.717, 1.165) is 6.42 Å². The van der Waals surface area contributed by atoms with Crippen LogP contribution < -0.4 is 5.32 Å². The van der Waals surface area contributed by atoms with E-state index < -0.39 is 12.0 Å². The maximum absolute atomic E-state index is 13.0. The van der Waals surface area contributed by atoms with Crippen LogP contribution in [0.25, 0.3) is 0 Å². The zero-order valence-electron chi connectivity index (χ0n) is 10.3. The fraction of sp³-hybridized carbons (Fsp3) is 0.571. The quantitative estimate of drug-likeness (QED) is 0.829. The van der Waals surface area contributed by atoms with Crippen LogP contribution in [-0.4, -0.2) is 18.5 Å². The molecule has 1 atom stereocenters. The van der Waals surface area contributed by atoms with E-state index in [2.05, 4.69) is 5.32 Å². The van der Waals surface area contributed by atoms with Gasteiger partial charge >= 0.3 is 0 Å². The Bertz CT molecular complexity index is 259. The Morgan fingerprint density at radius 1 is 1.06 bits per heavy atom. The molecule has 1 aromatic carbocycles. The number of alkyl halides is 2. The molecule has 0 saturated heterocycles. The van der Waals surface area contributed by atoms with Gasteiger partial charge in [-0.2, -0.15) is 0 Å². The molecule has 96 valence electrons. The third-order valence-electron chi connectivity index (χ3n) is 2.88. The molecule has 1 N–H and O–H groups in total. The molecule has 1 saturated carbocycles. The number of rotatable bonds is 2. The average Bonchev–Trinajstić information content (AvgIpc) is 2.35. The van der Waals surface area contributed by atoms with Crippen molar-refractivity contribution in [3.8, 4) is 0 Å². The Labute approximate surface area is 102 Å². The van der Waals surface area contributed by atoms with E-state index in [1.165, 1.54) is 0 Å². The van der Waals surface area contributed by atoms with Crippen LogP contribution in [0.3, 0.4) is 0 Å². The summed E-state index contributed by atoms with van der Waals surface area (Å²) in [6.45, 7) is 2.50. The molecule has 1 aliphatic carbocycles. The van der Waals surface area contributed by atoms with Gasteiger partial charge in [0.2, 0.25) is 0 Å². The van der Waals surface area contributed by atoms with E-state index in [9.17, 15) is 8.78 Å². The molecule has 0 amide bonds.